The average Bonchev–Trinajstić information content (AvgIpc) is 2.59. The van der Waals surface area contributed by atoms with Gasteiger partial charge in [0.15, 0.2) is 0 Å². The van der Waals surface area contributed by atoms with Gasteiger partial charge in [-0.3, -0.25) is 0 Å². The third kappa shape index (κ3) is 5.18. The maximum atomic E-state index is 12.1. The number of ether oxygens (including phenoxy) is 2. The zero-order valence-electron chi connectivity index (χ0n) is 13.6. The van der Waals surface area contributed by atoms with E-state index in [1.54, 1.807) is 25.3 Å². The highest BCUT2D eigenvalue weighted by Gasteiger charge is 2.12. The Morgan fingerprint density at radius 2 is 1.75 bits per heavy atom. The molecule has 0 amide bonds. The highest BCUT2D eigenvalue weighted by molar-refractivity contribution is 5.31. The summed E-state index contributed by atoms with van der Waals surface area (Å²) in [6, 6.07) is 13.6. The number of halogens is 2. The first-order chi connectivity index (χ1) is 11.5. The molecule has 2 unspecified atom stereocenters. The predicted octanol–water partition coefficient (Wildman–Crippen LogP) is 3.68. The van der Waals surface area contributed by atoms with E-state index in [1.165, 1.54) is 12.1 Å². The number of aliphatic hydroxyl groups is 1. The summed E-state index contributed by atoms with van der Waals surface area (Å²) < 4.78 is 33.7. The minimum atomic E-state index is -2.83. The second kappa shape index (κ2) is 8.61. The maximum Gasteiger partial charge on any atom is 0.387 e. The van der Waals surface area contributed by atoms with Crippen molar-refractivity contribution in [2.45, 2.75) is 25.7 Å². The van der Waals surface area contributed by atoms with Gasteiger partial charge in [-0.25, -0.2) is 0 Å². The number of hydrogen-bond donors (Lipinski definition) is 2. The van der Waals surface area contributed by atoms with E-state index >= 15 is 0 Å². The van der Waals surface area contributed by atoms with Gasteiger partial charge in [0, 0.05) is 12.6 Å². The van der Waals surface area contributed by atoms with Crippen LogP contribution >= 0.6 is 0 Å². The molecule has 0 spiro atoms. The molecule has 0 aliphatic heterocycles. The fraction of sp³-hybridized carbons (Fsp3) is 0.333. The third-order valence-corrected chi connectivity index (χ3v) is 3.70. The van der Waals surface area contributed by atoms with Gasteiger partial charge in [0.25, 0.3) is 0 Å². The minimum Gasteiger partial charge on any atom is -0.497 e. The number of methoxy groups -OCH3 is 1. The van der Waals surface area contributed by atoms with E-state index in [0.29, 0.717) is 12.3 Å². The average molecular weight is 337 g/mol. The van der Waals surface area contributed by atoms with E-state index in [0.717, 1.165) is 11.1 Å². The molecule has 2 atom stereocenters. The van der Waals surface area contributed by atoms with Crippen molar-refractivity contribution in [3.63, 3.8) is 0 Å². The molecule has 6 heteroatoms. The predicted molar refractivity (Wildman–Crippen MR) is 87.4 cm³/mol. The molecule has 0 heterocycles. The van der Waals surface area contributed by atoms with Crippen molar-refractivity contribution in [1.29, 1.82) is 0 Å². The summed E-state index contributed by atoms with van der Waals surface area (Å²) in [5.41, 5.74) is 1.67. The van der Waals surface area contributed by atoms with Gasteiger partial charge < -0.3 is 19.9 Å². The van der Waals surface area contributed by atoms with Gasteiger partial charge in [-0.05, 0) is 42.3 Å². The highest BCUT2D eigenvalue weighted by atomic mass is 19.3. The molecule has 0 radical (unpaired) electrons. The Balaban J connectivity index is 1.90. The van der Waals surface area contributed by atoms with Crippen molar-refractivity contribution in [3.8, 4) is 11.5 Å². The van der Waals surface area contributed by atoms with E-state index in [-0.39, 0.29) is 11.8 Å². The Hall–Kier alpha value is -2.18. The van der Waals surface area contributed by atoms with Crippen LogP contribution in [0, 0.1) is 0 Å². The Kier molecular flexibility index (Phi) is 6.52. The van der Waals surface area contributed by atoms with Gasteiger partial charge in [0.2, 0.25) is 0 Å². The van der Waals surface area contributed by atoms with E-state index in [1.807, 2.05) is 25.1 Å². The van der Waals surface area contributed by atoms with Crippen LogP contribution < -0.4 is 14.8 Å². The van der Waals surface area contributed by atoms with Crippen LogP contribution in [-0.2, 0) is 0 Å². The van der Waals surface area contributed by atoms with Crippen LogP contribution in [0.3, 0.4) is 0 Å². The van der Waals surface area contributed by atoms with Gasteiger partial charge in [-0.2, -0.15) is 8.78 Å². The number of benzene rings is 2. The lowest BCUT2D eigenvalue weighted by molar-refractivity contribution is -0.0498. The zero-order chi connectivity index (χ0) is 17.5. The molecule has 24 heavy (non-hydrogen) atoms. The summed E-state index contributed by atoms with van der Waals surface area (Å²) in [5, 5.41) is 13.5. The Morgan fingerprint density at radius 1 is 1.04 bits per heavy atom. The summed E-state index contributed by atoms with van der Waals surface area (Å²) in [5.74, 6) is 0.812. The van der Waals surface area contributed by atoms with Crippen molar-refractivity contribution in [2.75, 3.05) is 13.7 Å². The first-order valence-electron chi connectivity index (χ1n) is 7.59. The van der Waals surface area contributed by atoms with Crippen molar-refractivity contribution >= 4 is 0 Å². The van der Waals surface area contributed by atoms with Crippen molar-refractivity contribution < 1.29 is 23.4 Å². The number of hydrogen-bond acceptors (Lipinski definition) is 4. The molecule has 0 aliphatic carbocycles. The highest BCUT2D eigenvalue weighted by Crippen LogP contribution is 2.21. The van der Waals surface area contributed by atoms with Crippen LogP contribution in [0.25, 0.3) is 0 Å². The van der Waals surface area contributed by atoms with Gasteiger partial charge in [-0.15, -0.1) is 0 Å². The number of rotatable bonds is 8. The second-order valence-electron chi connectivity index (χ2n) is 5.37. The normalized spacial score (nSPS) is 13.6. The molecule has 0 bridgehead atoms. The SMILES string of the molecule is COc1cccc(C(O)CNC(C)c2ccc(OC(F)F)cc2)c1. The maximum absolute atomic E-state index is 12.1. The molecule has 2 rings (SSSR count). The molecule has 0 saturated carbocycles. The van der Waals surface area contributed by atoms with Gasteiger partial charge >= 0.3 is 6.61 Å². The minimum absolute atomic E-state index is 0.0501. The van der Waals surface area contributed by atoms with Gasteiger partial charge in [0.05, 0.1) is 13.2 Å². The smallest absolute Gasteiger partial charge is 0.387 e. The standard InChI is InChI=1S/C18H21F2NO3/c1-12(13-6-8-15(9-7-13)24-18(19)20)21-11-17(22)14-4-3-5-16(10-14)23-2/h3-10,12,17-18,21-22H,11H2,1-2H3. The van der Waals surface area contributed by atoms with Crippen molar-refractivity contribution in [3.05, 3.63) is 59.7 Å². The van der Waals surface area contributed by atoms with Crippen molar-refractivity contribution in [2.24, 2.45) is 0 Å². The van der Waals surface area contributed by atoms with Crippen LogP contribution in [-0.4, -0.2) is 25.4 Å². The van der Waals surface area contributed by atoms with E-state index in [9.17, 15) is 13.9 Å². The van der Waals surface area contributed by atoms with Crippen LogP contribution in [0.1, 0.15) is 30.2 Å². The molecular weight excluding hydrogens is 316 g/mol. The summed E-state index contributed by atoms with van der Waals surface area (Å²) in [6.45, 7) is -0.547. The molecule has 2 aromatic rings. The molecule has 0 fully saturated rings. The molecule has 0 aliphatic rings. The quantitative estimate of drug-likeness (QED) is 0.771. The molecule has 2 N–H and O–H groups in total. The molecule has 0 saturated heterocycles. The van der Waals surface area contributed by atoms with Gasteiger partial charge in [-0.1, -0.05) is 24.3 Å². The van der Waals surface area contributed by atoms with Gasteiger partial charge in [0.1, 0.15) is 11.5 Å². The second-order valence-corrected chi connectivity index (χ2v) is 5.37. The van der Waals surface area contributed by atoms with Crippen LogP contribution in [0.4, 0.5) is 8.78 Å². The van der Waals surface area contributed by atoms with E-state index in [2.05, 4.69) is 10.1 Å². The van der Waals surface area contributed by atoms with Crippen molar-refractivity contribution in [1.82, 2.24) is 5.32 Å². The zero-order valence-corrected chi connectivity index (χ0v) is 13.6. The summed E-state index contributed by atoms with van der Waals surface area (Å²) in [6.07, 6.45) is -0.677. The monoisotopic (exact) mass is 337 g/mol. The lowest BCUT2D eigenvalue weighted by atomic mass is 10.1. The van der Waals surface area contributed by atoms with Crippen LogP contribution in [0.2, 0.25) is 0 Å². The van der Waals surface area contributed by atoms with E-state index in [4.69, 9.17) is 4.74 Å². The third-order valence-electron chi connectivity index (χ3n) is 3.70. The number of aliphatic hydroxyl groups excluding tert-OH is 1. The Bertz CT molecular complexity index is 634. The Labute approximate surface area is 140 Å². The Morgan fingerprint density at radius 3 is 2.38 bits per heavy atom. The van der Waals surface area contributed by atoms with Crippen LogP contribution in [0.5, 0.6) is 11.5 Å². The fourth-order valence-corrected chi connectivity index (χ4v) is 2.31. The molecule has 2 aromatic carbocycles. The topological polar surface area (TPSA) is 50.7 Å². The largest absolute Gasteiger partial charge is 0.497 e. The first-order valence-corrected chi connectivity index (χ1v) is 7.59. The summed E-state index contributed by atoms with van der Waals surface area (Å²) in [4.78, 5) is 0. The number of nitrogens with one attached hydrogen (secondary N) is 1. The summed E-state index contributed by atoms with van der Waals surface area (Å²) in [7, 11) is 1.58. The van der Waals surface area contributed by atoms with E-state index < -0.39 is 12.7 Å². The number of alkyl halides is 2. The molecular formula is C18H21F2NO3. The van der Waals surface area contributed by atoms with Crippen LogP contribution in [0.15, 0.2) is 48.5 Å². The molecule has 130 valence electrons. The first kappa shape index (κ1) is 18.2. The molecule has 4 nitrogen and oxygen atoms in total. The summed E-state index contributed by atoms with van der Waals surface area (Å²) >= 11 is 0. The lowest BCUT2D eigenvalue weighted by Crippen LogP contribution is -2.24. The lowest BCUT2D eigenvalue weighted by Gasteiger charge is -2.18. The molecule has 0 aromatic heterocycles. The fourth-order valence-electron chi connectivity index (χ4n) is 2.31.